The van der Waals surface area contributed by atoms with Crippen LogP contribution < -0.4 is 10.6 Å². The van der Waals surface area contributed by atoms with Gasteiger partial charge in [-0.25, -0.2) is 4.79 Å². The lowest BCUT2D eigenvalue weighted by Crippen LogP contribution is -2.26. The lowest BCUT2D eigenvalue weighted by atomic mass is 10.1. The van der Waals surface area contributed by atoms with E-state index < -0.39 is 11.9 Å². The summed E-state index contributed by atoms with van der Waals surface area (Å²) >= 11 is 0. The van der Waals surface area contributed by atoms with Gasteiger partial charge in [-0.3, -0.25) is 9.59 Å². The van der Waals surface area contributed by atoms with Gasteiger partial charge in [-0.1, -0.05) is 37.6 Å². The van der Waals surface area contributed by atoms with Gasteiger partial charge in [-0.05, 0) is 30.7 Å². The number of benzene rings is 2. The highest BCUT2D eigenvalue weighted by Gasteiger charge is 2.18. The summed E-state index contributed by atoms with van der Waals surface area (Å²) in [6, 6.07) is 12.6. The van der Waals surface area contributed by atoms with Crippen molar-refractivity contribution in [1.82, 2.24) is 5.32 Å². The Labute approximate surface area is 145 Å². The van der Waals surface area contributed by atoms with Gasteiger partial charge in [0.2, 0.25) is 0 Å². The summed E-state index contributed by atoms with van der Waals surface area (Å²) in [6.45, 7) is 2.58. The average molecular weight is 340 g/mol. The molecule has 25 heavy (non-hydrogen) atoms. The number of carbonyl (C=O) groups excluding carboxylic acids is 2. The van der Waals surface area contributed by atoms with Gasteiger partial charge in [0.25, 0.3) is 11.8 Å². The molecule has 0 bridgehead atoms. The number of aromatic carboxylic acids is 1. The third kappa shape index (κ3) is 4.67. The lowest BCUT2D eigenvalue weighted by Gasteiger charge is -2.12. The van der Waals surface area contributed by atoms with Crippen LogP contribution in [-0.4, -0.2) is 29.4 Å². The number of anilines is 1. The van der Waals surface area contributed by atoms with Crippen molar-refractivity contribution in [2.75, 3.05) is 11.9 Å². The fourth-order valence-electron chi connectivity index (χ4n) is 2.32. The molecular formula is C19H20N2O4. The number of hydrogen-bond donors (Lipinski definition) is 3. The molecule has 0 saturated carbocycles. The second-order valence-corrected chi connectivity index (χ2v) is 5.46. The van der Waals surface area contributed by atoms with Gasteiger partial charge < -0.3 is 15.7 Å². The van der Waals surface area contributed by atoms with E-state index in [2.05, 4.69) is 10.6 Å². The summed E-state index contributed by atoms with van der Waals surface area (Å²) in [6.07, 6.45) is 1.83. The van der Waals surface area contributed by atoms with Gasteiger partial charge in [0, 0.05) is 6.54 Å². The first kappa shape index (κ1) is 18.2. The summed E-state index contributed by atoms with van der Waals surface area (Å²) in [4.78, 5) is 36.0. The second kappa shape index (κ2) is 8.63. The SMILES string of the molecule is CCCCNC(=O)c1ccccc1NC(=O)c1ccccc1C(=O)O. The topological polar surface area (TPSA) is 95.5 Å². The molecule has 0 fully saturated rings. The maximum absolute atomic E-state index is 12.5. The Bertz CT molecular complexity index is 786. The average Bonchev–Trinajstić information content (AvgIpc) is 2.62. The van der Waals surface area contributed by atoms with E-state index in [4.69, 9.17) is 0 Å². The molecule has 130 valence electrons. The first-order valence-corrected chi connectivity index (χ1v) is 8.05. The molecule has 6 heteroatoms. The lowest BCUT2D eigenvalue weighted by molar-refractivity contribution is 0.0692. The van der Waals surface area contributed by atoms with Crippen LogP contribution >= 0.6 is 0 Å². The van der Waals surface area contributed by atoms with Gasteiger partial charge in [0.05, 0.1) is 22.4 Å². The van der Waals surface area contributed by atoms with E-state index in [1.165, 1.54) is 12.1 Å². The normalized spacial score (nSPS) is 10.1. The summed E-state index contributed by atoms with van der Waals surface area (Å²) in [7, 11) is 0. The van der Waals surface area contributed by atoms with Crippen molar-refractivity contribution in [3.05, 3.63) is 65.2 Å². The van der Waals surface area contributed by atoms with Gasteiger partial charge in [0.15, 0.2) is 0 Å². The van der Waals surface area contributed by atoms with Gasteiger partial charge >= 0.3 is 5.97 Å². The molecule has 3 N–H and O–H groups in total. The highest BCUT2D eigenvalue weighted by Crippen LogP contribution is 2.18. The standard InChI is InChI=1S/C19H20N2O4/c1-2-3-12-20-17(22)15-10-6-7-11-16(15)21-18(23)13-8-4-5-9-14(13)19(24)25/h4-11H,2-3,12H2,1H3,(H,20,22)(H,21,23)(H,24,25). The molecule has 2 aromatic carbocycles. The zero-order valence-electron chi connectivity index (χ0n) is 13.9. The van der Waals surface area contributed by atoms with Crippen LogP contribution in [0.25, 0.3) is 0 Å². The Kier molecular flexibility index (Phi) is 6.28. The zero-order valence-corrected chi connectivity index (χ0v) is 13.9. The van der Waals surface area contributed by atoms with Crippen LogP contribution in [0.3, 0.4) is 0 Å². The van der Waals surface area contributed by atoms with Gasteiger partial charge in [-0.2, -0.15) is 0 Å². The number of hydrogen-bond acceptors (Lipinski definition) is 3. The van der Waals surface area contributed by atoms with Gasteiger partial charge in [-0.15, -0.1) is 0 Å². The Morgan fingerprint density at radius 3 is 2.12 bits per heavy atom. The maximum Gasteiger partial charge on any atom is 0.336 e. The summed E-state index contributed by atoms with van der Waals surface area (Å²) in [5, 5.41) is 14.6. The largest absolute Gasteiger partial charge is 0.478 e. The predicted molar refractivity (Wildman–Crippen MR) is 95.0 cm³/mol. The number of nitrogens with one attached hydrogen (secondary N) is 2. The van der Waals surface area contributed by atoms with Crippen LogP contribution in [-0.2, 0) is 0 Å². The number of rotatable bonds is 7. The number of para-hydroxylation sites is 1. The monoisotopic (exact) mass is 340 g/mol. The van der Waals surface area contributed by atoms with Crippen molar-refractivity contribution in [2.24, 2.45) is 0 Å². The van der Waals surface area contributed by atoms with E-state index in [0.29, 0.717) is 17.8 Å². The minimum atomic E-state index is -1.18. The number of carboxylic acid groups (broad SMARTS) is 1. The molecule has 2 aromatic rings. The van der Waals surface area contributed by atoms with Crippen molar-refractivity contribution in [1.29, 1.82) is 0 Å². The van der Waals surface area contributed by atoms with Crippen LogP contribution in [0, 0.1) is 0 Å². The van der Waals surface area contributed by atoms with Crippen molar-refractivity contribution in [3.8, 4) is 0 Å². The van der Waals surface area contributed by atoms with Crippen LogP contribution in [0.5, 0.6) is 0 Å². The third-order valence-electron chi connectivity index (χ3n) is 3.64. The summed E-state index contributed by atoms with van der Waals surface area (Å²) in [5.41, 5.74) is 0.613. The van der Waals surface area contributed by atoms with Gasteiger partial charge in [0.1, 0.15) is 0 Å². The van der Waals surface area contributed by atoms with Crippen molar-refractivity contribution in [2.45, 2.75) is 19.8 Å². The first-order valence-electron chi connectivity index (χ1n) is 8.05. The van der Waals surface area contributed by atoms with E-state index in [-0.39, 0.29) is 17.0 Å². The summed E-state index contributed by atoms with van der Waals surface area (Å²) in [5.74, 6) is -2.04. The first-order chi connectivity index (χ1) is 12.0. The minimum absolute atomic E-state index is 0.0381. The molecule has 2 rings (SSSR count). The molecule has 6 nitrogen and oxygen atoms in total. The van der Waals surface area contributed by atoms with E-state index in [1.807, 2.05) is 6.92 Å². The molecule has 0 atom stereocenters. The highest BCUT2D eigenvalue weighted by atomic mass is 16.4. The molecule has 0 saturated heterocycles. The van der Waals surface area contributed by atoms with Crippen LogP contribution in [0.15, 0.2) is 48.5 Å². The van der Waals surface area contributed by atoms with E-state index in [0.717, 1.165) is 12.8 Å². The fraction of sp³-hybridized carbons (Fsp3) is 0.211. The third-order valence-corrected chi connectivity index (χ3v) is 3.64. The Hall–Kier alpha value is -3.15. The number of amides is 2. The zero-order chi connectivity index (χ0) is 18.2. The van der Waals surface area contributed by atoms with Crippen molar-refractivity contribution in [3.63, 3.8) is 0 Å². The number of carboxylic acids is 1. The Morgan fingerprint density at radius 2 is 1.48 bits per heavy atom. The highest BCUT2D eigenvalue weighted by molar-refractivity contribution is 6.13. The molecule has 0 spiro atoms. The molecule has 2 amide bonds. The smallest absolute Gasteiger partial charge is 0.336 e. The van der Waals surface area contributed by atoms with Crippen LogP contribution in [0.2, 0.25) is 0 Å². The van der Waals surface area contributed by atoms with E-state index in [9.17, 15) is 19.5 Å². The Balaban J connectivity index is 2.22. The number of unbranched alkanes of at least 4 members (excludes halogenated alkanes) is 1. The Morgan fingerprint density at radius 1 is 0.880 bits per heavy atom. The molecule has 0 unspecified atom stereocenters. The molecule has 0 aromatic heterocycles. The van der Waals surface area contributed by atoms with Crippen molar-refractivity contribution >= 4 is 23.5 Å². The molecule has 0 aliphatic rings. The fourth-order valence-corrected chi connectivity index (χ4v) is 2.32. The number of carbonyl (C=O) groups is 3. The molecule has 0 aliphatic carbocycles. The maximum atomic E-state index is 12.5. The van der Waals surface area contributed by atoms with Crippen molar-refractivity contribution < 1.29 is 19.5 Å². The van der Waals surface area contributed by atoms with Crippen LogP contribution in [0.1, 0.15) is 50.8 Å². The molecular weight excluding hydrogens is 320 g/mol. The molecule has 0 heterocycles. The second-order valence-electron chi connectivity index (χ2n) is 5.46. The van der Waals surface area contributed by atoms with Crippen LogP contribution in [0.4, 0.5) is 5.69 Å². The molecule has 0 aliphatic heterocycles. The predicted octanol–water partition coefficient (Wildman–Crippen LogP) is 3.17. The van der Waals surface area contributed by atoms with E-state index in [1.54, 1.807) is 36.4 Å². The van der Waals surface area contributed by atoms with E-state index >= 15 is 0 Å². The summed E-state index contributed by atoms with van der Waals surface area (Å²) < 4.78 is 0. The molecule has 0 radical (unpaired) electrons. The minimum Gasteiger partial charge on any atom is -0.478 e. The quantitative estimate of drug-likeness (QED) is 0.675.